The minimum Gasteiger partial charge on any atom is -0.320 e. The third kappa shape index (κ3) is 2.28. The van der Waals surface area contributed by atoms with E-state index in [1.165, 1.54) is 19.1 Å². The first kappa shape index (κ1) is 13.6. The van der Waals surface area contributed by atoms with Crippen molar-refractivity contribution in [2.45, 2.75) is 13.0 Å². The van der Waals surface area contributed by atoms with E-state index in [0.717, 1.165) is 16.5 Å². The van der Waals surface area contributed by atoms with Crippen LogP contribution >= 0.6 is 0 Å². The lowest BCUT2D eigenvalue weighted by atomic mass is 9.95. The summed E-state index contributed by atoms with van der Waals surface area (Å²) in [4.78, 5) is 4.25. The maximum Gasteiger partial charge on any atom is 0.164 e. The highest BCUT2D eigenvalue weighted by molar-refractivity contribution is 5.82. The zero-order chi connectivity index (χ0) is 15.0. The highest BCUT2D eigenvalue weighted by Crippen LogP contribution is 2.29. The van der Waals surface area contributed by atoms with Crippen LogP contribution in [0.2, 0.25) is 0 Å². The van der Waals surface area contributed by atoms with Crippen LogP contribution in [0.25, 0.3) is 10.9 Å². The first-order chi connectivity index (χ1) is 10.1. The zero-order valence-corrected chi connectivity index (χ0v) is 11.5. The molecule has 0 spiro atoms. The second kappa shape index (κ2) is 5.22. The molecule has 2 nitrogen and oxygen atoms in total. The lowest BCUT2D eigenvalue weighted by Gasteiger charge is -2.16. The van der Waals surface area contributed by atoms with Gasteiger partial charge in [0.25, 0.3) is 0 Å². The van der Waals surface area contributed by atoms with Crippen LogP contribution in [-0.4, -0.2) is 4.98 Å². The molecule has 3 rings (SSSR count). The molecule has 21 heavy (non-hydrogen) atoms. The number of benzene rings is 2. The number of para-hydroxylation sites is 1. The van der Waals surface area contributed by atoms with E-state index in [2.05, 4.69) is 4.98 Å². The van der Waals surface area contributed by atoms with Crippen molar-refractivity contribution in [1.82, 2.24) is 4.98 Å². The lowest BCUT2D eigenvalue weighted by molar-refractivity contribution is 0.489. The van der Waals surface area contributed by atoms with Crippen molar-refractivity contribution < 1.29 is 8.78 Å². The van der Waals surface area contributed by atoms with Gasteiger partial charge in [-0.1, -0.05) is 30.3 Å². The molecule has 0 amide bonds. The second-order valence-corrected chi connectivity index (χ2v) is 4.99. The molecule has 0 aliphatic rings. The van der Waals surface area contributed by atoms with E-state index in [-0.39, 0.29) is 11.1 Å². The van der Waals surface area contributed by atoms with Gasteiger partial charge < -0.3 is 5.73 Å². The number of hydrogen-bond acceptors (Lipinski definition) is 2. The average Bonchev–Trinajstić information content (AvgIpc) is 2.51. The average molecular weight is 284 g/mol. The number of nitrogens with two attached hydrogens (primary N) is 1. The van der Waals surface area contributed by atoms with E-state index in [9.17, 15) is 8.78 Å². The van der Waals surface area contributed by atoms with Gasteiger partial charge in [0.05, 0.1) is 11.6 Å². The topological polar surface area (TPSA) is 38.9 Å². The van der Waals surface area contributed by atoms with Crippen LogP contribution in [0, 0.1) is 18.6 Å². The van der Waals surface area contributed by atoms with E-state index in [4.69, 9.17) is 5.73 Å². The maximum atomic E-state index is 14.1. The number of aromatic nitrogens is 1. The third-order valence-corrected chi connectivity index (χ3v) is 3.66. The van der Waals surface area contributed by atoms with Gasteiger partial charge in [-0.15, -0.1) is 0 Å². The Balaban J connectivity index is 2.17. The first-order valence-corrected chi connectivity index (χ1v) is 6.63. The van der Waals surface area contributed by atoms with Crippen LogP contribution in [-0.2, 0) is 0 Å². The Labute approximate surface area is 121 Å². The molecular formula is C17H14F2N2. The molecule has 1 aromatic heterocycles. The molecule has 0 saturated carbocycles. The summed E-state index contributed by atoms with van der Waals surface area (Å²) in [7, 11) is 0. The smallest absolute Gasteiger partial charge is 0.164 e. The molecule has 0 radical (unpaired) electrons. The second-order valence-electron chi connectivity index (χ2n) is 4.99. The van der Waals surface area contributed by atoms with Gasteiger partial charge in [0.2, 0.25) is 0 Å². The molecular weight excluding hydrogens is 270 g/mol. The van der Waals surface area contributed by atoms with Gasteiger partial charge in [0.1, 0.15) is 0 Å². The van der Waals surface area contributed by atoms with E-state index in [1.807, 2.05) is 24.3 Å². The van der Waals surface area contributed by atoms with Gasteiger partial charge in [0.15, 0.2) is 11.6 Å². The quantitative estimate of drug-likeness (QED) is 0.776. The summed E-state index contributed by atoms with van der Waals surface area (Å²) in [6.07, 6.45) is 1.62. The minimum absolute atomic E-state index is 0.148. The van der Waals surface area contributed by atoms with Gasteiger partial charge in [-0.2, -0.15) is 0 Å². The summed E-state index contributed by atoms with van der Waals surface area (Å²) in [5.74, 6) is -1.73. The van der Waals surface area contributed by atoms with Crippen molar-refractivity contribution in [3.63, 3.8) is 0 Å². The molecule has 106 valence electrons. The van der Waals surface area contributed by atoms with Crippen LogP contribution in [0.3, 0.4) is 0 Å². The van der Waals surface area contributed by atoms with E-state index >= 15 is 0 Å². The fourth-order valence-corrected chi connectivity index (χ4v) is 2.46. The summed E-state index contributed by atoms with van der Waals surface area (Å²) in [6, 6.07) is 11.5. The predicted molar refractivity (Wildman–Crippen MR) is 78.9 cm³/mol. The summed E-state index contributed by atoms with van der Waals surface area (Å²) < 4.78 is 27.9. The molecule has 1 heterocycles. The van der Waals surface area contributed by atoms with Gasteiger partial charge >= 0.3 is 0 Å². The van der Waals surface area contributed by atoms with Gasteiger partial charge in [-0.25, -0.2) is 8.78 Å². The Hall–Kier alpha value is -2.33. The Morgan fingerprint density at radius 3 is 2.52 bits per heavy atom. The van der Waals surface area contributed by atoms with Crippen molar-refractivity contribution in [1.29, 1.82) is 0 Å². The van der Waals surface area contributed by atoms with Crippen molar-refractivity contribution in [3.05, 3.63) is 77.0 Å². The number of aryl methyl sites for hydroxylation is 1. The molecule has 1 atom stereocenters. The molecule has 0 aliphatic carbocycles. The normalized spacial score (nSPS) is 12.6. The Bertz CT molecular complexity index is 810. The van der Waals surface area contributed by atoms with Gasteiger partial charge in [-0.05, 0) is 30.2 Å². The molecule has 0 bridgehead atoms. The molecule has 2 N–H and O–H groups in total. The largest absolute Gasteiger partial charge is 0.320 e. The van der Waals surface area contributed by atoms with Crippen LogP contribution in [0.4, 0.5) is 8.78 Å². The standard InChI is InChI=1S/C17H14F2N2/c1-10-6-7-13(16(19)15(10)18)17(20)12-8-9-21-14-5-3-2-4-11(12)14/h2-9,17H,20H2,1H3. The highest BCUT2D eigenvalue weighted by atomic mass is 19.2. The molecule has 4 heteroatoms. The van der Waals surface area contributed by atoms with Crippen LogP contribution in [0.1, 0.15) is 22.7 Å². The molecule has 0 saturated heterocycles. The Morgan fingerprint density at radius 1 is 0.952 bits per heavy atom. The molecule has 1 unspecified atom stereocenters. The summed E-state index contributed by atoms with van der Waals surface area (Å²) in [5.41, 5.74) is 8.08. The zero-order valence-electron chi connectivity index (χ0n) is 11.5. The van der Waals surface area contributed by atoms with Crippen molar-refractivity contribution >= 4 is 10.9 Å². The van der Waals surface area contributed by atoms with Crippen LogP contribution < -0.4 is 5.73 Å². The highest BCUT2D eigenvalue weighted by Gasteiger charge is 2.19. The molecule has 0 fully saturated rings. The number of fused-ring (bicyclic) bond motifs is 1. The number of halogens is 2. The van der Waals surface area contributed by atoms with Gasteiger partial charge in [0, 0.05) is 17.1 Å². The number of hydrogen-bond donors (Lipinski definition) is 1. The SMILES string of the molecule is Cc1ccc(C(N)c2ccnc3ccccc23)c(F)c1F. The fraction of sp³-hybridized carbons (Fsp3) is 0.118. The summed E-state index contributed by atoms with van der Waals surface area (Å²) in [6.45, 7) is 1.52. The van der Waals surface area contributed by atoms with Crippen molar-refractivity contribution in [3.8, 4) is 0 Å². The van der Waals surface area contributed by atoms with Crippen LogP contribution in [0.15, 0.2) is 48.7 Å². The van der Waals surface area contributed by atoms with Crippen molar-refractivity contribution in [2.24, 2.45) is 5.73 Å². The predicted octanol–water partition coefficient (Wildman–Crippen LogP) is 3.87. The lowest BCUT2D eigenvalue weighted by Crippen LogP contribution is -2.15. The Kier molecular flexibility index (Phi) is 3.39. The Morgan fingerprint density at radius 2 is 1.71 bits per heavy atom. The minimum atomic E-state index is -0.886. The maximum absolute atomic E-state index is 14.1. The fourth-order valence-electron chi connectivity index (χ4n) is 2.46. The van der Waals surface area contributed by atoms with Gasteiger partial charge in [-0.3, -0.25) is 4.98 Å². The molecule has 3 aromatic rings. The molecule has 2 aromatic carbocycles. The van der Waals surface area contributed by atoms with Crippen molar-refractivity contribution in [2.75, 3.05) is 0 Å². The number of rotatable bonds is 2. The summed E-state index contributed by atoms with van der Waals surface area (Å²) in [5, 5.41) is 0.841. The van der Waals surface area contributed by atoms with Crippen LogP contribution in [0.5, 0.6) is 0 Å². The monoisotopic (exact) mass is 284 g/mol. The van der Waals surface area contributed by atoms with E-state index < -0.39 is 17.7 Å². The van der Waals surface area contributed by atoms with E-state index in [1.54, 1.807) is 12.3 Å². The first-order valence-electron chi connectivity index (χ1n) is 6.63. The summed E-state index contributed by atoms with van der Waals surface area (Å²) >= 11 is 0. The third-order valence-electron chi connectivity index (χ3n) is 3.66. The van der Waals surface area contributed by atoms with E-state index in [0.29, 0.717) is 0 Å². The number of pyridine rings is 1. The number of nitrogens with zero attached hydrogens (tertiary/aromatic N) is 1. The molecule has 0 aliphatic heterocycles.